The first kappa shape index (κ1) is 22.3. The summed E-state index contributed by atoms with van der Waals surface area (Å²) < 4.78 is 0. The fourth-order valence-corrected chi connectivity index (χ4v) is 5.02. The maximum atomic E-state index is 12.0. The van der Waals surface area contributed by atoms with Crippen molar-refractivity contribution in [3.05, 3.63) is 78.0 Å². The van der Waals surface area contributed by atoms with Gasteiger partial charge in [0.25, 0.3) is 5.91 Å². The van der Waals surface area contributed by atoms with Gasteiger partial charge in [0.2, 0.25) is 0 Å². The Labute approximate surface area is 203 Å². The number of carbonyl (C=O) groups excluding carboxylic acids is 1. The lowest BCUT2D eigenvalue weighted by Gasteiger charge is -2.32. The average molecular weight is 473 g/mol. The highest BCUT2D eigenvalue weighted by molar-refractivity contribution is 7.20. The van der Waals surface area contributed by atoms with Crippen molar-refractivity contribution in [3.8, 4) is 0 Å². The normalized spacial score (nSPS) is 14.9. The van der Waals surface area contributed by atoms with E-state index in [0.29, 0.717) is 10.1 Å². The second-order valence-electron chi connectivity index (χ2n) is 8.65. The highest BCUT2D eigenvalue weighted by Crippen LogP contribution is 2.33. The zero-order valence-corrected chi connectivity index (χ0v) is 19.9. The number of aromatic nitrogens is 1. The molecule has 0 saturated carbocycles. The van der Waals surface area contributed by atoms with E-state index in [1.807, 2.05) is 30.3 Å². The van der Waals surface area contributed by atoms with E-state index in [4.69, 9.17) is 5.73 Å². The van der Waals surface area contributed by atoms with Crippen LogP contribution in [0, 0.1) is 0 Å². The van der Waals surface area contributed by atoms with Gasteiger partial charge < -0.3 is 21.3 Å². The Morgan fingerprint density at radius 2 is 1.65 bits per heavy atom. The summed E-state index contributed by atoms with van der Waals surface area (Å²) in [6.07, 6.45) is 0. The summed E-state index contributed by atoms with van der Waals surface area (Å²) in [5.74, 6) is -0.558. The number of nitrogens with zero attached hydrogens (tertiary/aromatic N) is 3. The first-order chi connectivity index (χ1) is 16.5. The summed E-state index contributed by atoms with van der Waals surface area (Å²) in [6, 6.07) is 22.6. The van der Waals surface area contributed by atoms with Crippen LogP contribution in [0.15, 0.2) is 66.7 Å². The molecule has 1 aliphatic rings. The van der Waals surface area contributed by atoms with Crippen LogP contribution in [0.3, 0.4) is 0 Å². The van der Waals surface area contributed by atoms with Crippen LogP contribution in [0.4, 0.5) is 21.5 Å². The summed E-state index contributed by atoms with van der Waals surface area (Å²) in [5, 5.41) is 10.2. The Morgan fingerprint density at radius 1 is 0.941 bits per heavy atom. The fourth-order valence-electron chi connectivity index (χ4n) is 4.10. The van der Waals surface area contributed by atoms with Gasteiger partial charge in [-0.1, -0.05) is 53.8 Å². The van der Waals surface area contributed by atoms with Crippen molar-refractivity contribution >= 4 is 49.5 Å². The van der Waals surface area contributed by atoms with Crippen LogP contribution in [-0.2, 0) is 6.54 Å². The Hall–Kier alpha value is -3.46. The van der Waals surface area contributed by atoms with E-state index in [-0.39, 0.29) is 5.69 Å². The highest BCUT2D eigenvalue weighted by atomic mass is 32.1. The average Bonchev–Trinajstić information content (AvgIpc) is 3.24. The summed E-state index contributed by atoms with van der Waals surface area (Å²) in [5.41, 5.74) is 8.92. The fraction of sp³-hybridized carbons (Fsp3) is 0.231. The molecule has 4 N–H and O–H groups in total. The van der Waals surface area contributed by atoms with Crippen LogP contribution in [0.2, 0.25) is 0 Å². The number of benzene rings is 3. The predicted molar refractivity (Wildman–Crippen MR) is 140 cm³/mol. The summed E-state index contributed by atoms with van der Waals surface area (Å²) >= 11 is 1.37. The molecule has 3 aromatic carbocycles. The maximum Gasteiger partial charge on any atom is 0.270 e. The molecule has 4 aromatic rings. The van der Waals surface area contributed by atoms with E-state index >= 15 is 0 Å². The molecule has 0 atom stereocenters. The van der Waals surface area contributed by atoms with Crippen LogP contribution in [0.5, 0.6) is 0 Å². The third-order valence-electron chi connectivity index (χ3n) is 6.08. The molecule has 7 nitrogen and oxygen atoms in total. The standard InChI is InChI=1S/C26H28N6OS/c1-31-12-14-32(15-13-31)17-18-6-9-21(10-7-18)28-25-23(24(27)33)30-26(34-25)29-22-11-8-19-4-2-3-5-20(19)16-22/h2-11,16,28H,12-15,17H2,1H3,(H2,27,33)(H,29,30). The predicted octanol–water partition coefficient (Wildman–Crippen LogP) is 4.63. The Kier molecular flexibility index (Phi) is 6.44. The third kappa shape index (κ3) is 5.20. The molecule has 0 radical (unpaired) electrons. The first-order valence-corrected chi connectivity index (χ1v) is 12.2. The monoisotopic (exact) mass is 472 g/mol. The van der Waals surface area contributed by atoms with Crippen molar-refractivity contribution in [2.24, 2.45) is 5.73 Å². The highest BCUT2D eigenvalue weighted by Gasteiger charge is 2.17. The topological polar surface area (TPSA) is 86.5 Å². The zero-order chi connectivity index (χ0) is 23.5. The molecule has 174 valence electrons. The van der Waals surface area contributed by atoms with Crippen LogP contribution in [0.1, 0.15) is 16.1 Å². The van der Waals surface area contributed by atoms with E-state index < -0.39 is 5.91 Å². The van der Waals surface area contributed by atoms with Gasteiger partial charge in [-0.2, -0.15) is 0 Å². The number of piperazine rings is 1. The molecular weight excluding hydrogens is 444 g/mol. The van der Waals surface area contributed by atoms with Crippen molar-refractivity contribution in [3.63, 3.8) is 0 Å². The van der Waals surface area contributed by atoms with Crippen LogP contribution >= 0.6 is 11.3 Å². The van der Waals surface area contributed by atoms with Gasteiger partial charge in [-0.25, -0.2) is 4.98 Å². The van der Waals surface area contributed by atoms with Crippen molar-refractivity contribution in [1.29, 1.82) is 0 Å². The molecule has 0 spiro atoms. The van der Waals surface area contributed by atoms with E-state index in [9.17, 15) is 4.79 Å². The summed E-state index contributed by atoms with van der Waals surface area (Å²) in [4.78, 5) is 21.3. The molecule has 1 saturated heterocycles. The lowest BCUT2D eigenvalue weighted by Crippen LogP contribution is -2.43. The number of amides is 1. The van der Waals surface area contributed by atoms with Gasteiger partial charge in [-0.3, -0.25) is 9.69 Å². The molecule has 1 amide bonds. The molecule has 8 heteroatoms. The Bertz CT molecular complexity index is 1290. The number of carbonyl (C=O) groups is 1. The Balaban J connectivity index is 1.29. The number of nitrogens with two attached hydrogens (primary N) is 1. The molecular formula is C26H28N6OS. The molecule has 5 rings (SSSR count). The number of nitrogens with one attached hydrogen (secondary N) is 2. The first-order valence-electron chi connectivity index (χ1n) is 11.4. The quantitative estimate of drug-likeness (QED) is 0.364. The smallest absolute Gasteiger partial charge is 0.270 e. The number of likely N-dealkylation sites (N-methyl/N-ethyl adjacent to an activating group) is 1. The lowest BCUT2D eigenvalue weighted by molar-refractivity contribution is 0.0997. The minimum absolute atomic E-state index is 0.231. The van der Waals surface area contributed by atoms with Crippen molar-refractivity contribution in [2.75, 3.05) is 43.9 Å². The molecule has 2 heterocycles. The van der Waals surface area contributed by atoms with E-state index in [1.54, 1.807) is 0 Å². The number of thiazole rings is 1. The largest absolute Gasteiger partial charge is 0.364 e. The van der Waals surface area contributed by atoms with E-state index in [1.165, 1.54) is 22.3 Å². The zero-order valence-electron chi connectivity index (χ0n) is 19.1. The third-order valence-corrected chi connectivity index (χ3v) is 6.96. The van der Waals surface area contributed by atoms with Crippen LogP contribution in [0.25, 0.3) is 10.8 Å². The van der Waals surface area contributed by atoms with Gasteiger partial charge in [0.15, 0.2) is 10.8 Å². The van der Waals surface area contributed by atoms with E-state index in [0.717, 1.165) is 49.5 Å². The van der Waals surface area contributed by atoms with Crippen molar-refractivity contribution in [2.45, 2.75) is 6.54 Å². The van der Waals surface area contributed by atoms with Gasteiger partial charge in [-0.05, 0) is 47.6 Å². The molecule has 1 aliphatic heterocycles. The van der Waals surface area contributed by atoms with Crippen molar-refractivity contribution in [1.82, 2.24) is 14.8 Å². The van der Waals surface area contributed by atoms with E-state index in [2.05, 4.69) is 68.9 Å². The van der Waals surface area contributed by atoms with Gasteiger partial charge in [0, 0.05) is 44.1 Å². The van der Waals surface area contributed by atoms with Crippen molar-refractivity contribution < 1.29 is 4.79 Å². The minimum atomic E-state index is -0.558. The second-order valence-corrected chi connectivity index (χ2v) is 9.65. The minimum Gasteiger partial charge on any atom is -0.364 e. The molecule has 0 aliphatic carbocycles. The van der Waals surface area contributed by atoms with Crippen LogP contribution in [-0.4, -0.2) is 53.9 Å². The molecule has 34 heavy (non-hydrogen) atoms. The lowest BCUT2D eigenvalue weighted by atomic mass is 10.1. The second kappa shape index (κ2) is 9.80. The van der Waals surface area contributed by atoms with Gasteiger partial charge >= 0.3 is 0 Å². The number of hydrogen-bond acceptors (Lipinski definition) is 7. The summed E-state index contributed by atoms with van der Waals surface area (Å²) in [6.45, 7) is 5.34. The SMILES string of the molecule is CN1CCN(Cc2ccc(Nc3sc(Nc4ccc5ccccc5c4)nc3C(N)=O)cc2)CC1. The molecule has 0 unspecified atom stereocenters. The number of fused-ring (bicyclic) bond motifs is 1. The van der Waals surface area contributed by atoms with Crippen LogP contribution < -0.4 is 16.4 Å². The number of primary amides is 1. The van der Waals surface area contributed by atoms with Gasteiger partial charge in [-0.15, -0.1) is 0 Å². The maximum absolute atomic E-state index is 12.0. The van der Waals surface area contributed by atoms with Gasteiger partial charge in [0.05, 0.1) is 0 Å². The Morgan fingerprint density at radius 3 is 2.38 bits per heavy atom. The number of rotatable bonds is 7. The number of hydrogen-bond donors (Lipinski definition) is 3. The number of anilines is 4. The molecule has 1 aromatic heterocycles. The molecule has 0 bridgehead atoms. The summed E-state index contributed by atoms with van der Waals surface area (Å²) in [7, 11) is 2.17. The van der Waals surface area contributed by atoms with Gasteiger partial charge in [0.1, 0.15) is 5.00 Å². The molecule has 1 fully saturated rings.